The van der Waals surface area contributed by atoms with E-state index in [9.17, 15) is 16.8 Å². The fourth-order valence-electron chi connectivity index (χ4n) is 1.44. The lowest BCUT2D eigenvalue weighted by Gasteiger charge is -2.08. The zero-order valence-corrected chi connectivity index (χ0v) is 12.5. The monoisotopic (exact) mass is 306 g/mol. The van der Waals surface area contributed by atoms with Gasteiger partial charge in [0, 0.05) is 25.0 Å². The summed E-state index contributed by atoms with van der Waals surface area (Å²) in [7, 11) is -6.45. The van der Waals surface area contributed by atoms with E-state index in [0.717, 1.165) is 6.26 Å². The largest absolute Gasteiger partial charge is 0.384 e. The number of sulfonamides is 1. The lowest BCUT2D eigenvalue weighted by atomic mass is 10.3. The van der Waals surface area contributed by atoms with Crippen molar-refractivity contribution >= 4 is 25.5 Å². The van der Waals surface area contributed by atoms with Gasteiger partial charge in [-0.25, -0.2) is 21.6 Å². The molecule has 2 N–H and O–H groups in total. The number of anilines is 1. The third-order valence-corrected chi connectivity index (χ3v) is 4.95. The fourth-order valence-corrected chi connectivity index (χ4v) is 3.03. The van der Waals surface area contributed by atoms with Crippen LogP contribution >= 0.6 is 0 Å². The highest BCUT2D eigenvalue weighted by Crippen LogP contribution is 2.13. The maximum absolute atomic E-state index is 11.4. The topological polar surface area (TPSA) is 92.3 Å². The highest BCUT2D eigenvalue weighted by Gasteiger charge is 2.08. The zero-order chi connectivity index (χ0) is 14.5. The van der Waals surface area contributed by atoms with E-state index in [2.05, 4.69) is 10.0 Å². The highest BCUT2D eigenvalue weighted by atomic mass is 32.2. The van der Waals surface area contributed by atoms with Crippen LogP contribution in [0, 0.1) is 0 Å². The van der Waals surface area contributed by atoms with Crippen LogP contribution in [0.25, 0.3) is 0 Å². The molecule has 8 heteroatoms. The Bertz CT molecular complexity index is 607. The van der Waals surface area contributed by atoms with Crippen LogP contribution in [-0.2, 0) is 19.9 Å². The Balaban J connectivity index is 2.56. The molecule has 0 aromatic heterocycles. The van der Waals surface area contributed by atoms with Crippen molar-refractivity contribution in [2.75, 3.05) is 30.4 Å². The maximum Gasteiger partial charge on any atom is 0.213 e. The lowest BCUT2D eigenvalue weighted by Crippen LogP contribution is -2.29. The molecule has 1 aromatic rings. The molecule has 0 atom stereocenters. The molecule has 1 aromatic carbocycles. The molecule has 0 heterocycles. The van der Waals surface area contributed by atoms with Crippen LogP contribution < -0.4 is 10.0 Å². The van der Waals surface area contributed by atoms with Gasteiger partial charge in [0.25, 0.3) is 0 Å². The molecule has 1 rings (SSSR count). The standard InChI is InChI=1S/C11H18N2O4S2/c1-3-13-19(16,17)9-8-12-10-4-6-11(7-5-10)18(2,14)15/h4-7,12-13H,3,8-9H2,1-2H3. The van der Waals surface area contributed by atoms with Crippen molar-refractivity contribution in [2.24, 2.45) is 0 Å². The van der Waals surface area contributed by atoms with Crippen LogP contribution in [-0.4, -0.2) is 41.9 Å². The van der Waals surface area contributed by atoms with E-state index >= 15 is 0 Å². The number of benzene rings is 1. The number of hydrogen-bond donors (Lipinski definition) is 2. The minimum Gasteiger partial charge on any atom is -0.384 e. The first kappa shape index (κ1) is 15.9. The second-order valence-corrected chi connectivity index (χ2v) is 7.98. The Kier molecular flexibility index (Phi) is 5.33. The van der Waals surface area contributed by atoms with E-state index in [4.69, 9.17) is 0 Å². The van der Waals surface area contributed by atoms with Gasteiger partial charge in [-0.1, -0.05) is 6.92 Å². The molecule has 6 nitrogen and oxygen atoms in total. The smallest absolute Gasteiger partial charge is 0.213 e. The maximum atomic E-state index is 11.4. The number of hydrogen-bond acceptors (Lipinski definition) is 5. The Hall–Kier alpha value is -1.12. The number of nitrogens with one attached hydrogen (secondary N) is 2. The minimum atomic E-state index is -3.24. The minimum absolute atomic E-state index is 0.0331. The third kappa shape index (κ3) is 5.58. The van der Waals surface area contributed by atoms with Crippen molar-refractivity contribution < 1.29 is 16.8 Å². The van der Waals surface area contributed by atoms with Gasteiger partial charge in [0.05, 0.1) is 10.6 Å². The first-order chi connectivity index (χ1) is 8.74. The van der Waals surface area contributed by atoms with Gasteiger partial charge in [-0.05, 0) is 24.3 Å². The summed E-state index contributed by atoms with van der Waals surface area (Å²) in [4.78, 5) is 0.235. The summed E-state index contributed by atoms with van der Waals surface area (Å²) in [5.74, 6) is -0.0331. The third-order valence-electron chi connectivity index (χ3n) is 2.35. The van der Waals surface area contributed by atoms with Crippen molar-refractivity contribution in [3.8, 4) is 0 Å². The van der Waals surface area contributed by atoms with E-state index in [-0.39, 0.29) is 17.2 Å². The first-order valence-electron chi connectivity index (χ1n) is 5.76. The summed E-state index contributed by atoms with van der Waals surface area (Å²) in [6.45, 7) is 2.34. The fraction of sp³-hybridized carbons (Fsp3) is 0.455. The molecule has 0 bridgehead atoms. The van der Waals surface area contributed by atoms with Gasteiger partial charge in [0.1, 0.15) is 0 Å². The van der Waals surface area contributed by atoms with Crippen LogP contribution in [0.5, 0.6) is 0 Å². The van der Waals surface area contributed by atoms with Crippen molar-refractivity contribution in [3.63, 3.8) is 0 Å². The molecule has 108 valence electrons. The predicted molar refractivity (Wildman–Crippen MR) is 75.5 cm³/mol. The van der Waals surface area contributed by atoms with Crippen LogP contribution in [0.4, 0.5) is 5.69 Å². The Labute approximate surface area is 114 Å². The molecule has 0 aliphatic carbocycles. The van der Waals surface area contributed by atoms with Gasteiger partial charge in [0.15, 0.2) is 9.84 Å². The molecular weight excluding hydrogens is 288 g/mol. The van der Waals surface area contributed by atoms with E-state index in [1.807, 2.05) is 0 Å². The van der Waals surface area contributed by atoms with Gasteiger partial charge >= 0.3 is 0 Å². The Morgan fingerprint density at radius 2 is 1.63 bits per heavy atom. The molecule has 0 radical (unpaired) electrons. The van der Waals surface area contributed by atoms with E-state index < -0.39 is 19.9 Å². The molecule has 0 amide bonds. The van der Waals surface area contributed by atoms with Crippen LogP contribution in [0.15, 0.2) is 29.2 Å². The predicted octanol–water partition coefficient (Wildman–Crippen LogP) is 0.441. The van der Waals surface area contributed by atoms with Crippen molar-refractivity contribution in [1.82, 2.24) is 4.72 Å². The summed E-state index contributed by atoms with van der Waals surface area (Å²) in [5.41, 5.74) is 0.680. The molecule has 0 spiro atoms. The number of rotatable bonds is 7. The highest BCUT2D eigenvalue weighted by molar-refractivity contribution is 7.90. The molecule has 19 heavy (non-hydrogen) atoms. The first-order valence-corrected chi connectivity index (χ1v) is 9.30. The molecule has 0 saturated heterocycles. The Morgan fingerprint density at radius 3 is 2.11 bits per heavy atom. The van der Waals surface area contributed by atoms with Crippen molar-refractivity contribution in [1.29, 1.82) is 0 Å². The molecular formula is C11H18N2O4S2. The van der Waals surface area contributed by atoms with Crippen LogP contribution in [0.1, 0.15) is 6.92 Å². The quantitative estimate of drug-likeness (QED) is 0.762. The molecule has 0 saturated carbocycles. The van der Waals surface area contributed by atoms with E-state index in [0.29, 0.717) is 12.2 Å². The van der Waals surface area contributed by atoms with E-state index in [1.165, 1.54) is 12.1 Å². The molecule has 0 aliphatic rings. The average Bonchev–Trinajstić information content (AvgIpc) is 2.28. The summed E-state index contributed by atoms with van der Waals surface area (Å²) in [6.07, 6.45) is 1.14. The van der Waals surface area contributed by atoms with Gasteiger partial charge in [-0.15, -0.1) is 0 Å². The molecule has 0 aliphatic heterocycles. The van der Waals surface area contributed by atoms with Gasteiger partial charge < -0.3 is 5.32 Å². The second kappa shape index (κ2) is 6.36. The lowest BCUT2D eigenvalue weighted by molar-refractivity contribution is 0.584. The van der Waals surface area contributed by atoms with Crippen LogP contribution in [0.3, 0.4) is 0 Å². The summed E-state index contributed by atoms with van der Waals surface area (Å²) in [6, 6.07) is 6.18. The summed E-state index contributed by atoms with van der Waals surface area (Å²) >= 11 is 0. The van der Waals surface area contributed by atoms with E-state index in [1.54, 1.807) is 19.1 Å². The van der Waals surface area contributed by atoms with Gasteiger partial charge in [-0.3, -0.25) is 0 Å². The molecule has 0 unspecified atom stereocenters. The van der Waals surface area contributed by atoms with Gasteiger partial charge in [-0.2, -0.15) is 0 Å². The van der Waals surface area contributed by atoms with Crippen molar-refractivity contribution in [3.05, 3.63) is 24.3 Å². The summed E-state index contributed by atoms with van der Waals surface area (Å²) < 4.78 is 47.6. The molecule has 0 fully saturated rings. The van der Waals surface area contributed by atoms with Crippen LogP contribution in [0.2, 0.25) is 0 Å². The summed E-state index contributed by atoms with van der Waals surface area (Å²) in [5, 5.41) is 2.92. The average molecular weight is 306 g/mol. The SMILES string of the molecule is CCNS(=O)(=O)CCNc1ccc(S(C)(=O)=O)cc1. The van der Waals surface area contributed by atoms with Crippen molar-refractivity contribution in [2.45, 2.75) is 11.8 Å². The number of sulfone groups is 1. The normalized spacial score (nSPS) is 12.3. The van der Waals surface area contributed by atoms with Gasteiger partial charge in [0.2, 0.25) is 10.0 Å². The Morgan fingerprint density at radius 1 is 1.05 bits per heavy atom. The second-order valence-electron chi connectivity index (χ2n) is 4.04. The zero-order valence-electron chi connectivity index (χ0n) is 10.9.